The van der Waals surface area contributed by atoms with E-state index < -0.39 is 27.7 Å². The Bertz CT molecular complexity index is 918. The van der Waals surface area contributed by atoms with Gasteiger partial charge in [-0.25, -0.2) is 17.2 Å². The third-order valence-corrected chi connectivity index (χ3v) is 5.55. The molecule has 27 heavy (non-hydrogen) atoms. The first kappa shape index (κ1) is 20.8. The number of carbonyl (C=O) groups excluding carboxylic acids is 1. The van der Waals surface area contributed by atoms with E-state index in [9.17, 15) is 22.0 Å². The lowest BCUT2D eigenvalue weighted by atomic mass is 9.99. The van der Waals surface area contributed by atoms with E-state index in [2.05, 4.69) is 10.0 Å². The zero-order valence-corrected chi connectivity index (χ0v) is 15.7. The minimum absolute atomic E-state index is 0.000503. The molecule has 0 aromatic heterocycles. The molecule has 0 aliphatic heterocycles. The van der Waals surface area contributed by atoms with Crippen molar-refractivity contribution in [3.05, 3.63) is 54.1 Å². The minimum atomic E-state index is -4.08. The Morgan fingerprint density at radius 1 is 1.15 bits per heavy atom. The summed E-state index contributed by atoms with van der Waals surface area (Å²) in [5.41, 5.74) is 5.86. The molecule has 0 fully saturated rings. The summed E-state index contributed by atoms with van der Waals surface area (Å²) >= 11 is 0. The second-order valence-electron chi connectivity index (χ2n) is 6.15. The minimum Gasteiger partial charge on any atom is -0.325 e. The summed E-state index contributed by atoms with van der Waals surface area (Å²) in [4.78, 5) is 11.9. The number of nitrogens with two attached hydrogens (primary N) is 1. The number of amides is 1. The average molecular weight is 397 g/mol. The van der Waals surface area contributed by atoms with Crippen molar-refractivity contribution in [1.29, 1.82) is 0 Å². The van der Waals surface area contributed by atoms with Crippen molar-refractivity contribution in [1.82, 2.24) is 0 Å². The Morgan fingerprint density at radius 3 is 2.33 bits per heavy atom. The van der Waals surface area contributed by atoms with Gasteiger partial charge >= 0.3 is 0 Å². The highest BCUT2D eigenvalue weighted by molar-refractivity contribution is 7.92. The zero-order chi connectivity index (χ0) is 20.2. The molecule has 0 bridgehead atoms. The third kappa shape index (κ3) is 5.24. The molecule has 2 aromatic carbocycles. The van der Waals surface area contributed by atoms with Crippen LogP contribution in [-0.2, 0) is 14.8 Å². The molecule has 0 saturated heterocycles. The number of hydrogen-bond donors (Lipinski definition) is 3. The Morgan fingerprint density at radius 2 is 1.78 bits per heavy atom. The van der Waals surface area contributed by atoms with E-state index in [1.807, 2.05) is 13.8 Å². The second kappa shape index (κ2) is 8.45. The largest absolute Gasteiger partial charge is 0.325 e. The van der Waals surface area contributed by atoms with E-state index >= 15 is 0 Å². The number of halogens is 2. The molecule has 146 valence electrons. The van der Waals surface area contributed by atoms with E-state index in [4.69, 9.17) is 5.73 Å². The standard InChI is InChI=1S/C18H21F2N3O3S/c1-3-11(2)17(21)18(24)22-13-5-7-14(8-6-13)27(25,26)23-16-9-4-12(19)10-15(16)20/h4-11,17,23H,3,21H2,1-2H3,(H,22,24). The molecule has 0 aliphatic carbocycles. The molecule has 4 N–H and O–H groups in total. The van der Waals surface area contributed by atoms with Crippen LogP contribution in [0.4, 0.5) is 20.2 Å². The molecule has 0 saturated carbocycles. The maximum absolute atomic E-state index is 13.6. The average Bonchev–Trinajstić information content (AvgIpc) is 2.63. The van der Waals surface area contributed by atoms with Crippen LogP contribution < -0.4 is 15.8 Å². The Kier molecular flexibility index (Phi) is 6.50. The van der Waals surface area contributed by atoms with Crippen LogP contribution in [0.1, 0.15) is 20.3 Å². The van der Waals surface area contributed by atoms with Crippen LogP contribution in [0.5, 0.6) is 0 Å². The van der Waals surface area contributed by atoms with Crippen LogP contribution in [0.25, 0.3) is 0 Å². The fourth-order valence-electron chi connectivity index (χ4n) is 2.23. The van der Waals surface area contributed by atoms with Gasteiger partial charge in [0, 0.05) is 11.8 Å². The molecule has 2 unspecified atom stereocenters. The molecule has 0 radical (unpaired) electrons. The van der Waals surface area contributed by atoms with Crippen LogP contribution in [0.3, 0.4) is 0 Å². The number of carbonyl (C=O) groups is 1. The van der Waals surface area contributed by atoms with Crippen molar-refractivity contribution in [3.8, 4) is 0 Å². The van der Waals surface area contributed by atoms with Crippen LogP contribution in [0.15, 0.2) is 47.4 Å². The zero-order valence-electron chi connectivity index (χ0n) is 14.9. The van der Waals surface area contributed by atoms with Crippen molar-refractivity contribution in [2.24, 2.45) is 11.7 Å². The summed E-state index contributed by atoms with van der Waals surface area (Å²) in [6.07, 6.45) is 0.747. The fourth-order valence-corrected chi connectivity index (χ4v) is 3.30. The summed E-state index contributed by atoms with van der Waals surface area (Å²) < 4.78 is 53.3. The third-order valence-electron chi connectivity index (χ3n) is 4.17. The van der Waals surface area contributed by atoms with E-state index in [-0.39, 0.29) is 22.4 Å². The molecule has 0 spiro atoms. The summed E-state index contributed by atoms with van der Waals surface area (Å²) in [5.74, 6) is -2.21. The molecule has 6 nitrogen and oxygen atoms in total. The summed E-state index contributed by atoms with van der Waals surface area (Å²) in [5, 5.41) is 2.62. The molecule has 2 atom stereocenters. The van der Waals surface area contributed by atoms with Crippen LogP contribution in [0, 0.1) is 17.6 Å². The van der Waals surface area contributed by atoms with Gasteiger partial charge in [0.25, 0.3) is 10.0 Å². The predicted molar refractivity (Wildman–Crippen MR) is 99.7 cm³/mol. The highest BCUT2D eigenvalue weighted by atomic mass is 32.2. The monoisotopic (exact) mass is 397 g/mol. The molecule has 1 amide bonds. The Balaban J connectivity index is 2.12. The van der Waals surface area contributed by atoms with E-state index in [1.54, 1.807) is 0 Å². The summed E-state index contributed by atoms with van der Waals surface area (Å²) in [6, 6.07) is 7.15. The number of rotatable bonds is 7. The molecular formula is C18H21F2N3O3S. The molecule has 9 heteroatoms. The smallest absolute Gasteiger partial charge is 0.261 e. The molecular weight excluding hydrogens is 376 g/mol. The topological polar surface area (TPSA) is 101 Å². The fraction of sp³-hybridized carbons (Fsp3) is 0.278. The van der Waals surface area contributed by atoms with E-state index in [0.29, 0.717) is 11.8 Å². The summed E-state index contributed by atoms with van der Waals surface area (Å²) in [6.45, 7) is 3.79. The Hall–Kier alpha value is -2.52. The van der Waals surface area contributed by atoms with Gasteiger partial charge in [0.15, 0.2) is 0 Å². The number of anilines is 2. The van der Waals surface area contributed by atoms with Crippen LogP contribution in [0.2, 0.25) is 0 Å². The first-order valence-corrected chi connectivity index (χ1v) is 9.76. The van der Waals surface area contributed by atoms with Crippen LogP contribution >= 0.6 is 0 Å². The van der Waals surface area contributed by atoms with E-state index in [1.165, 1.54) is 24.3 Å². The number of hydrogen-bond acceptors (Lipinski definition) is 4. The normalized spacial score (nSPS) is 13.7. The lowest BCUT2D eigenvalue weighted by Gasteiger charge is -2.17. The van der Waals surface area contributed by atoms with Gasteiger partial charge in [0.2, 0.25) is 5.91 Å². The van der Waals surface area contributed by atoms with Gasteiger partial charge < -0.3 is 11.1 Å². The lowest BCUT2D eigenvalue weighted by Crippen LogP contribution is -2.40. The highest BCUT2D eigenvalue weighted by Crippen LogP contribution is 2.21. The maximum Gasteiger partial charge on any atom is 0.261 e. The maximum atomic E-state index is 13.6. The van der Waals surface area contributed by atoms with Gasteiger partial charge in [-0.15, -0.1) is 0 Å². The van der Waals surface area contributed by atoms with Gasteiger partial charge in [-0.2, -0.15) is 0 Å². The second-order valence-corrected chi connectivity index (χ2v) is 7.84. The van der Waals surface area contributed by atoms with Crippen molar-refractivity contribution < 1.29 is 22.0 Å². The van der Waals surface area contributed by atoms with Gasteiger partial charge in [-0.05, 0) is 42.3 Å². The predicted octanol–water partition coefficient (Wildman–Crippen LogP) is 3.08. The van der Waals surface area contributed by atoms with Crippen LogP contribution in [-0.4, -0.2) is 20.4 Å². The van der Waals surface area contributed by atoms with Crippen molar-refractivity contribution in [2.75, 3.05) is 10.0 Å². The van der Waals surface area contributed by atoms with Crippen molar-refractivity contribution in [2.45, 2.75) is 31.2 Å². The molecule has 0 heterocycles. The highest BCUT2D eigenvalue weighted by Gasteiger charge is 2.20. The molecule has 0 aliphatic rings. The number of sulfonamides is 1. The van der Waals surface area contributed by atoms with Crippen molar-refractivity contribution in [3.63, 3.8) is 0 Å². The Labute approximate surface area is 156 Å². The van der Waals surface area contributed by atoms with Crippen molar-refractivity contribution >= 4 is 27.3 Å². The summed E-state index contributed by atoms with van der Waals surface area (Å²) in [7, 11) is -4.08. The quantitative estimate of drug-likeness (QED) is 0.668. The van der Waals surface area contributed by atoms with E-state index in [0.717, 1.165) is 18.6 Å². The first-order chi connectivity index (χ1) is 12.6. The molecule has 2 rings (SSSR count). The van der Waals surface area contributed by atoms with Gasteiger partial charge in [-0.3, -0.25) is 9.52 Å². The van der Waals surface area contributed by atoms with Gasteiger partial charge in [0.05, 0.1) is 16.6 Å². The van der Waals surface area contributed by atoms with Gasteiger partial charge in [0.1, 0.15) is 11.6 Å². The first-order valence-electron chi connectivity index (χ1n) is 8.28. The molecule has 2 aromatic rings. The number of nitrogens with one attached hydrogen (secondary N) is 2. The lowest BCUT2D eigenvalue weighted by molar-refractivity contribution is -0.118. The SMILES string of the molecule is CCC(C)C(N)C(=O)Nc1ccc(S(=O)(=O)Nc2ccc(F)cc2F)cc1. The van der Waals surface area contributed by atoms with Gasteiger partial charge in [-0.1, -0.05) is 20.3 Å². The number of benzene rings is 2.